The molecule has 0 radical (unpaired) electrons. The zero-order valence-corrected chi connectivity index (χ0v) is 17.3. The van der Waals surface area contributed by atoms with E-state index in [9.17, 15) is 35.1 Å². The summed E-state index contributed by atoms with van der Waals surface area (Å²) in [7, 11) is 0. The average Bonchev–Trinajstić information content (AvgIpc) is 2.63. The quantitative estimate of drug-likeness (QED) is 0.457. The smallest absolute Gasteiger partial charge is 0.205 e. The van der Waals surface area contributed by atoms with E-state index in [0.717, 1.165) is 0 Å². The summed E-state index contributed by atoms with van der Waals surface area (Å²) in [6, 6.07) is 0. The van der Waals surface area contributed by atoms with Crippen molar-refractivity contribution in [1.82, 2.24) is 0 Å². The second-order valence-corrected chi connectivity index (χ2v) is 9.49. The van der Waals surface area contributed by atoms with Crippen LogP contribution >= 0.6 is 23.5 Å². The standard InChI is InChI=1S/C19H22O7S2/c1-4-27-16-13(22)9-10(14(23)17(16)28-5-2)12(21)8-7(11(9)20)6-19(3,26)18(25)15(8)24/h15,18,20-21,24-26H,4-6H2,1-3H3/t15-,18+,19-/m0/s1. The third-order valence-corrected chi connectivity index (χ3v) is 7.07. The first-order chi connectivity index (χ1) is 13.1. The Morgan fingerprint density at radius 2 is 1.43 bits per heavy atom. The number of carbonyl (C=O) groups is 2. The lowest BCUT2D eigenvalue weighted by atomic mass is 9.74. The second-order valence-electron chi connectivity index (χ2n) is 6.95. The zero-order chi connectivity index (χ0) is 21.0. The Morgan fingerprint density at radius 1 is 0.964 bits per heavy atom. The molecular weight excluding hydrogens is 404 g/mol. The van der Waals surface area contributed by atoms with E-state index in [1.807, 2.05) is 13.8 Å². The molecule has 0 aliphatic heterocycles. The lowest BCUT2D eigenvalue weighted by Gasteiger charge is -2.39. The highest BCUT2D eigenvalue weighted by Gasteiger charge is 2.48. The van der Waals surface area contributed by atoms with Gasteiger partial charge >= 0.3 is 0 Å². The molecule has 3 atom stereocenters. The van der Waals surface area contributed by atoms with E-state index in [0.29, 0.717) is 11.5 Å². The number of phenols is 2. The van der Waals surface area contributed by atoms with Gasteiger partial charge in [0.25, 0.3) is 0 Å². The van der Waals surface area contributed by atoms with Crippen LogP contribution in [-0.4, -0.2) is 60.3 Å². The van der Waals surface area contributed by atoms with Gasteiger partial charge in [-0.3, -0.25) is 9.59 Å². The van der Waals surface area contributed by atoms with Crippen molar-refractivity contribution in [2.75, 3.05) is 11.5 Å². The first-order valence-corrected chi connectivity index (χ1v) is 10.8. The van der Waals surface area contributed by atoms with Crippen molar-refractivity contribution >= 4 is 35.1 Å². The minimum atomic E-state index is -1.79. The molecule has 2 aliphatic carbocycles. The molecule has 5 N–H and O–H groups in total. The molecule has 0 spiro atoms. The van der Waals surface area contributed by atoms with Gasteiger partial charge in [0.1, 0.15) is 23.7 Å². The Morgan fingerprint density at radius 3 is 1.89 bits per heavy atom. The van der Waals surface area contributed by atoms with Crippen LogP contribution in [0.2, 0.25) is 0 Å². The Bertz CT molecular complexity index is 904. The molecule has 0 unspecified atom stereocenters. The zero-order valence-electron chi connectivity index (χ0n) is 15.6. The van der Waals surface area contributed by atoms with Crippen molar-refractivity contribution in [2.45, 2.75) is 45.0 Å². The summed E-state index contributed by atoms with van der Waals surface area (Å²) in [5, 5.41) is 52.6. The molecule has 0 saturated carbocycles. The highest BCUT2D eigenvalue weighted by molar-refractivity contribution is 8.08. The molecule has 3 rings (SSSR count). The molecule has 9 heteroatoms. The molecule has 0 saturated heterocycles. The van der Waals surface area contributed by atoms with Gasteiger partial charge in [0, 0.05) is 17.5 Å². The Kier molecular flexibility index (Phi) is 5.59. The minimum absolute atomic E-state index is 0.0485. The number of ketones is 2. The van der Waals surface area contributed by atoms with Crippen LogP contribution < -0.4 is 0 Å². The fourth-order valence-corrected chi connectivity index (χ4v) is 5.52. The largest absolute Gasteiger partial charge is 0.507 e. The van der Waals surface area contributed by atoms with Gasteiger partial charge in [0.05, 0.1) is 26.5 Å². The topological polar surface area (TPSA) is 135 Å². The van der Waals surface area contributed by atoms with Gasteiger partial charge < -0.3 is 25.5 Å². The number of aromatic hydroxyl groups is 2. The van der Waals surface area contributed by atoms with Gasteiger partial charge in [-0.1, -0.05) is 13.8 Å². The summed E-state index contributed by atoms with van der Waals surface area (Å²) in [5.74, 6) is -1.31. The number of hydrogen-bond donors (Lipinski definition) is 5. The van der Waals surface area contributed by atoms with E-state index in [1.165, 1.54) is 30.4 Å². The third kappa shape index (κ3) is 2.96. The number of hydrogen-bond acceptors (Lipinski definition) is 9. The molecule has 28 heavy (non-hydrogen) atoms. The molecule has 0 amide bonds. The molecule has 0 aromatic heterocycles. The number of rotatable bonds is 4. The monoisotopic (exact) mass is 426 g/mol. The Hall–Kier alpha value is -1.52. The summed E-state index contributed by atoms with van der Waals surface area (Å²) in [5.41, 5.74) is -2.76. The molecule has 0 fully saturated rings. The predicted octanol–water partition coefficient (Wildman–Crippen LogP) is 1.90. The van der Waals surface area contributed by atoms with Crippen molar-refractivity contribution < 1.29 is 35.1 Å². The van der Waals surface area contributed by atoms with Crippen molar-refractivity contribution in [2.24, 2.45) is 0 Å². The van der Waals surface area contributed by atoms with Crippen LogP contribution in [0.3, 0.4) is 0 Å². The maximum atomic E-state index is 13.1. The molecule has 0 heterocycles. The Balaban J connectivity index is 2.33. The summed E-state index contributed by atoms with van der Waals surface area (Å²) in [4.78, 5) is 26.6. The molecule has 2 aliphatic rings. The number of aliphatic hydroxyl groups excluding tert-OH is 2. The van der Waals surface area contributed by atoms with Crippen molar-refractivity contribution in [1.29, 1.82) is 0 Å². The number of Topliss-reactive ketones (excluding diaryl/α,β-unsaturated/α-hetero) is 2. The number of carbonyl (C=O) groups excluding carboxylic acids is 2. The van der Waals surface area contributed by atoms with Crippen LogP contribution in [0.1, 0.15) is 58.7 Å². The van der Waals surface area contributed by atoms with E-state index in [1.54, 1.807) is 0 Å². The van der Waals surface area contributed by atoms with Crippen LogP contribution in [0, 0.1) is 0 Å². The maximum Gasteiger partial charge on any atom is 0.205 e. The van der Waals surface area contributed by atoms with Crippen LogP contribution in [0.5, 0.6) is 11.5 Å². The van der Waals surface area contributed by atoms with E-state index < -0.39 is 40.9 Å². The summed E-state index contributed by atoms with van der Waals surface area (Å²) < 4.78 is 0. The number of benzene rings is 1. The minimum Gasteiger partial charge on any atom is -0.507 e. The number of thioether (sulfide) groups is 2. The van der Waals surface area contributed by atoms with E-state index in [2.05, 4.69) is 0 Å². The van der Waals surface area contributed by atoms with E-state index >= 15 is 0 Å². The number of phenolic OH excluding ortho intramolecular Hbond substituents is 2. The fourth-order valence-electron chi connectivity index (χ4n) is 3.68. The Labute approximate surface area is 170 Å². The van der Waals surface area contributed by atoms with Crippen LogP contribution in [0.15, 0.2) is 9.81 Å². The average molecular weight is 427 g/mol. The molecule has 7 nitrogen and oxygen atoms in total. The molecule has 0 bridgehead atoms. The van der Waals surface area contributed by atoms with Gasteiger partial charge in [0.15, 0.2) is 0 Å². The highest BCUT2D eigenvalue weighted by atomic mass is 32.2. The number of aliphatic hydroxyl groups is 3. The van der Waals surface area contributed by atoms with E-state index in [-0.39, 0.29) is 38.5 Å². The number of allylic oxidation sites excluding steroid dienone is 2. The first kappa shape index (κ1) is 21.2. The molecular formula is C19H22O7S2. The van der Waals surface area contributed by atoms with Crippen molar-refractivity contribution in [3.63, 3.8) is 0 Å². The van der Waals surface area contributed by atoms with Gasteiger partial charge in [-0.15, -0.1) is 23.5 Å². The third-order valence-electron chi connectivity index (χ3n) is 5.01. The van der Waals surface area contributed by atoms with Crippen LogP contribution in [-0.2, 0) is 6.42 Å². The lowest BCUT2D eigenvalue weighted by molar-refractivity contribution is -0.126. The van der Waals surface area contributed by atoms with Gasteiger partial charge in [0.2, 0.25) is 11.6 Å². The SMILES string of the molecule is CCSC1=C(SCC)C(=O)c2c(O)c3c(c(O)c2C1=O)C[C@](C)(O)[C@H](O)[C@H]3O. The van der Waals surface area contributed by atoms with Crippen LogP contribution in [0.4, 0.5) is 0 Å². The van der Waals surface area contributed by atoms with Crippen molar-refractivity contribution in [3.8, 4) is 11.5 Å². The van der Waals surface area contributed by atoms with Gasteiger partial charge in [-0.25, -0.2) is 0 Å². The summed E-state index contributed by atoms with van der Waals surface area (Å²) in [6.07, 6.45) is -3.66. The molecule has 1 aromatic carbocycles. The normalized spacial score (nSPS) is 27.1. The highest BCUT2D eigenvalue weighted by Crippen LogP contribution is 2.51. The number of fused-ring (bicyclic) bond motifs is 2. The maximum absolute atomic E-state index is 13.1. The fraction of sp³-hybridized carbons (Fsp3) is 0.474. The molecule has 1 aromatic rings. The predicted molar refractivity (Wildman–Crippen MR) is 107 cm³/mol. The summed E-state index contributed by atoms with van der Waals surface area (Å²) in [6.45, 7) is 4.94. The van der Waals surface area contributed by atoms with Gasteiger partial charge in [-0.2, -0.15) is 0 Å². The van der Waals surface area contributed by atoms with Crippen LogP contribution in [0.25, 0.3) is 0 Å². The van der Waals surface area contributed by atoms with Gasteiger partial charge in [-0.05, 0) is 18.4 Å². The first-order valence-electron chi connectivity index (χ1n) is 8.86. The molecule has 152 valence electrons. The summed E-state index contributed by atoms with van der Waals surface area (Å²) >= 11 is 2.36. The van der Waals surface area contributed by atoms with E-state index in [4.69, 9.17) is 0 Å². The lowest BCUT2D eigenvalue weighted by Crippen LogP contribution is -2.48. The second kappa shape index (κ2) is 7.38. The van der Waals surface area contributed by atoms with Crippen molar-refractivity contribution in [3.05, 3.63) is 32.1 Å².